The molecular formula is C27H43NO7. The molecule has 0 saturated carbocycles. The number of rotatable bonds is 15. The van der Waals surface area contributed by atoms with Crippen molar-refractivity contribution < 1.29 is 33.6 Å². The SMILES string of the molecule is COc1ccc(CO[C@@H](C)C(C=CCOCC(NC(=O)OC(C)(C)C)C(=O)O)CCC(C)C)cc1. The fraction of sp³-hybridized carbons (Fsp3) is 0.630. The summed E-state index contributed by atoms with van der Waals surface area (Å²) >= 11 is 0. The highest BCUT2D eigenvalue weighted by Gasteiger charge is 2.24. The summed E-state index contributed by atoms with van der Waals surface area (Å²) in [4.78, 5) is 23.3. The number of carboxylic acid groups (broad SMARTS) is 1. The van der Waals surface area contributed by atoms with Gasteiger partial charge in [-0.1, -0.05) is 44.6 Å². The van der Waals surface area contributed by atoms with E-state index in [2.05, 4.69) is 32.2 Å². The first kappa shape index (κ1) is 30.5. The van der Waals surface area contributed by atoms with E-state index in [1.54, 1.807) is 27.9 Å². The summed E-state index contributed by atoms with van der Waals surface area (Å²) in [6.45, 7) is 12.1. The lowest BCUT2D eigenvalue weighted by Gasteiger charge is -2.23. The zero-order valence-electron chi connectivity index (χ0n) is 22.2. The molecule has 0 fully saturated rings. The fourth-order valence-corrected chi connectivity index (χ4v) is 3.20. The van der Waals surface area contributed by atoms with Crippen molar-refractivity contribution in [3.05, 3.63) is 42.0 Å². The number of benzene rings is 1. The summed E-state index contributed by atoms with van der Waals surface area (Å²) in [5.74, 6) is 0.391. The molecule has 1 rings (SSSR count). The average molecular weight is 494 g/mol. The molecule has 8 heteroatoms. The lowest BCUT2D eigenvalue weighted by atomic mass is 9.93. The van der Waals surface area contributed by atoms with Crippen LogP contribution >= 0.6 is 0 Å². The summed E-state index contributed by atoms with van der Waals surface area (Å²) in [5.41, 5.74) is 0.359. The normalized spacial score (nSPS) is 14.5. The van der Waals surface area contributed by atoms with Crippen LogP contribution in [0.4, 0.5) is 4.79 Å². The summed E-state index contributed by atoms with van der Waals surface area (Å²) in [7, 11) is 1.64. The zero-order valence-corrected chi connectivity index (χ0v) is 22.2. The number of carbonyl (C=O) groups excluding carboxylic acids is 1. The number of ether oxygens (including phenoxy) is 4. The van der Waals surface area contributed by atoms with Crippen LogP contribution in [0.15, 0.2) is 36.4 Å². The molecule has 0 aliphatic carbocycles. The third-order valence-corrected chi connectivity index (χ3v) is 5.22. The third kappa shape index (κ3) is 13.8. The van der Waals surface area contributed by atoms with Crippen LogP contribution < -0.4 is 10.1 Å². The molecule has 0 aromatic heterocycles. The van der Waals surface area contributed by atoms with Gasteiger partial charge in [0.25, 0.3) is 0 Å². The summed E-state index contributed by atoms with van der Waals surface area (Å²) < 4.78 is 21.9. The monoisotopic (exact) mass is 493 g/mol. The first-order chi connectivity index (χ1) is 16.4. The number of alkyl carbamates (subject to hydrolysis) is 1. The summed E-state index contributed by atoms with van der Waals surface area (Å²) in [6, 6.07) is 6.62. The quantitative estimate of drug-likeness (QED) is 0.256. The van der Waals surface area contributed by atoms with Crippen LogP contribution in [-0.4, -0.2) is 55.2 Å². The van der Waals surface area contributed by atoms with Crippen molar-refractivity contribution in [1.82, 2.24) is 5.32 Å². The Bertz CT molecular complexity index is 784. The molecule has 0 spiro atoms. The van der Waals surface area contributed by atoms with Crippen molar-refractivity contribution in [3.8, 4) is 5.75 Å². The van der Waals surface area contributed by atoms with Gasteiger partial charge in [-0.3, -0.25) is 0 Å². The van der Waals surface area contributed by atoms with Crippen molar-refractivity contribution in [3.63, 3.8) is 0 Å². The molecule has 1 aromatic rings. The van der Waals surface area contributed by atoms with E-state index in [4.69, 9.17) is 18.9 Å². The smallest absolute Gasteiger partial charge is 0.408 e. The van der Waals surface area contributed by atoms with E-state index in [0.29, 0.717) is 12.5 Å². The van der Waals surface area contributed by atoms with Gasteiger partial charge in [0.1, 0.15) is 11.4 Å². The predicted octanol–water partition coefficient (Wildman–Crippen LogP) is 5.20. The Morgan fingerprint density at radius 3 is 2.29 bits per heavy atom. The Balaban J connectivity index is 2.59. The van der Waals surface area contributed by atoms with Gasteiger partial charge in [0.2, 0.25) is 0 Å². The minimum Gasteiger partial charge on any atom is -0.497 e. The zero-order chi connectivity index (χ0) is 26.4. The molecule has 3 atom stereocenters. The summed E-state index contributed by atoms with van der Waals surface area (Å²) in [6.07, 6.45) is 5.18. The summed E-state index contributed by atoms with van der Waals surface area (Å²) in [5, 5.41) is 11.7. The number of carbonyl (C=O) groups is 2. The van der Waals surface area contributed by atoms with E-state index in [9.17, 15) is 14.7 Å². The molecule has 2 unspecified atom stereocenters. The van der Waals surface area contributed by atoms with E-state index >= 15 is 0 Å². The van der Waals surface area contributed by atoms with Crippen LogP contribution in [0.3, 0.4) is 0 Å². The molecule has 1 aromatic carbocycles. The maximum absolute atomic E-state index is 11.9. The van der Waals surface area contributed by atoms with E-state index in [1.165, 1.54) is 0 Å². The van der Waals surface area contributed by atoms with Crippen LogP contribution in [0.5, 0.6) is 5.75 Å². The van der Waals surface area contributed by atoms with Crippen LogP contribution in [0.2, 0.25) is 0 Å². The number of amides is 1. The largest absolute Gasteiger partial charge is 0.497 e. The van der Waals surface area contributed by atoms with Crippen molar-refractivity contribution in [2.24, 2.45) is 11.8 Å². The molecular weight excluding hydrogens is 450 g/mol. The van der Waals surface area contributed by atoms with Crippen LogP contribution in [0.1, 0.15) is 59.9 Å². The minimum atomic E-state index is -1.19. The first-order valence-corrected chi connectivity index (χ1v) is 12.1. The predicted molar refractivity (Wildman–Crippen MR) is 136 cm³/mol. The lowest BCUT2D eigenvalue weighted by molar-refractivity contribution is -0.141. The highest BCUT2D eigenvalue weighted by Crippen LogP contribution is 2.21. The van der Waals surface area contributed by atoms with Gasteiger partial charge in [0, 0.05) is 5.92 Å². The number of hydrogen-bond acceptors (Lipinski definition) is 6. The van der Waals surface area contributed by atoms with Gasteiger partial charge in [0.05, 0.1) is 33.0 Å². The minimum absolute atomic E-state index is 0.00675. The Morgan fingerprint density at radius 1 is 1.09 bits per heavy atom. The molecule has 0 saturated heterocycles. The molecule has 0 aliphatic heterocycles. The molecule has 2 N–H and O–H groups in total. The Kier molecular flexibility index (Phi) is 13.4. The standard InChI is InChI=1S/C27H43NO7/c1-19(2)10-13-22(20(3)34-17-21-11-14-23(32-7)15-12-21)9-8-16-33-18-24(25(29)30)28-26(31)35-27(4,5)6/h8-9,11-12,14-15,19-20,22,24H,10,13,16-18H2,1-7H3,(H,28,31)(H,29,30)/t20-,22?,24?/m0/s1. The number of aliphatic carboxylic acids is 1. The molecule has 0 radical (unpaired) electrons. The van der Waals surface area contributed by atoms with E-state index in [-0.39, 0.29) is 25.2 Å². The molecule has 8 nitrogen and oxygen atoms in total. The third-order valence-electron chi connectivity index (χ3n) is 5.22. The van der Waals surface area contributed by atoms with Crippen LogP contribution in [0, 0.1) is 11.8 Å². The van der Waals surface area contributed by atoms with E-state index < -0.39 is 23.7 Å². The van der Waals surface area contributed by atoms with Crippen molar-refractivity contribution in [2.45, 2.75) is 78.7 Å². The van der Waals surface area contributed by atoms with Crippen LogP contribution in [-0.2, 0) is 25.6 Å². The van der Waals surface area contributed by atoms with Gasteiger partial charge >= 0.3 is 12.1 Å². The second-order valence-electron chi connectivity index (χ2n) is 10.0. The van der Waals surface area contributed by atoms with Gasteiger partial charge in [-0.15, -0.1) is 0 Å². The molecule has 0 bridgehead atoms. The Labute approximate surface area is 210 Å². The molecule has 0 heterocycles. The second kappa shape index (κ2) is 15.4. The second-order valence-corrected chi connectivity index (χ2v) is 10.0. The van der Waals surface area contributed by atoms with Gasteiger partial charge in [-0.05, 0) is 57.7 Å². The maximum atomic E-state index is 11.9. The highest BCUT2D eigenvalue weighted by molar-refractivity contribution is 5.80. The molecule has 35 heavy (non-hydrogen) atoms. The molecule has 1 amide bonds. The van der Waals surface area contributed by atoms with E-state index in [0.717, 1.165) is 24.2 Å². The van der Waals surface area contributed by atoms with Crippen molar-refractivity contribution >= 4 is 12.1 Å². The lowest BCUT2D eigenvalue weighted by Crippen LogP contribution is -2.46. The Hall–Kier alpha value is -2.58. The van der Waals surface area contributed by atoms with Crippen molar-refractivity contribution in [1.29, 1.82) is 0 Å². The average Bonchev–Trinajstić information content (AvgIpc) is 2.77. The molecule has 0 aliphatic rings. The van der Waals surface area contributed by atoms with Crippen molar-refractivity contribution in [2.75, 3.05) is 20.3 Å². The topological polar surface area (TPSA) is 103 Å². The van der Waals surface area contributed by atoms with Gasteiger partial charge in [-0.2, -0.15) is 0 Å². The van der Waals surface area contributed by atoms with E-state index in [1.807, 2.05) is 30.3 Å². The first-order valence-electron chi connectivity index (χ1n) is 12.1. The van der Waals surface area contributed by atoms with Gasteiger partial charge < -0.3 is 29.4 Å². The fourth-order valence-electron chi connectivity index (χ4n) is 3.20. The number of nitrogens with one attached hydrogen (secondary N) is 1. The maximum Gasteiger partial charge on any atom is 0.408 e. The number of carboxylic acids is 1. The van der Waals surface area contributed by atoms with Gasteiger partial charge in [0.15, 0.2) is 6.04 Å². The number of hydrogen-bond donors (Lipinski definition) is 2. The van der Waals surface area contributed by atoms with Gasteiger partial charge in [-0.25, -0.2) is 9.59 Å². The Morgan fingerprint density at radius 2 is 1.74 bits per heavy atom. The van der Waals surface area contributed by atoms with Crippen LogP contribution in [0.25, 0.3) is 0 Å². The highest BCUT2D eigenvalue weighted by atomic mass is 16.6. The molecule has 198 valence electrons. The number of methoxy groups -OCH3 is 1.